The van der Waals surface area contributed by atoms with Crippen molar-refractivity contribution < 1.29 is 0 Å². The van der Waals surface area contributed by atoms with Crippen LogP contribution in [0.1, 0.15) is 46.5 Å². The first-order valence-corrected chi connectivity index (χ1v) is 7.08. The SMILES string of the molecule is CCCNC(=S)N1CCCC(C(C)C)CC1. The molecular formula is C13H26N2S. The van der Waals surface area contributed by atoms with Gasteiger partial charge in [-0.05, 0) is 49.7 Å². The lowest BCUT2D eigenvalue weighted by atomic mass is 9.89. The Labute approximate surface area is 106 Å². The Bertz CT molecular complexity index is 216. The summed E-state index contributed by atoms with van der Waals surface area (Å²) >= 11 is 5.42. The zero-order chi connectivity index (χ0) is 12.0. The van der Waals surface area contributed by atoms with Crippen molar-refractivity contribution in [3.8, 4) is 0 Å². The van der Waals surface area contributed by atoms with Gasteiger partial charge in [0, 0.05) is 19.6 Å². The molecule has 1 aliphatic heterocycles. The molecule has 0 aliphatic carbocycles. The van der Waals surface area contributed by atoms with Crippen molar-refractivity contribution >= 4 is 17.3 Å². The lowest BCUT2D eigenvalue weighted by molar-refractivity contribution is 0.339. The predicted molar refractivity (Wildman–Crippen MR) is 74.6 cm³/mol. The van der Waals surface area contributed by atoms with Gasteiger partial charge in [0.15, 0.2) is 5.11 Å². The van der Waals surface area contributed by atoms with Gasteiger partial charge in [-0.15, -0.1) is 0 Å². The Morgan fingerprint density at radius 1 is 1.38 bits per heavy atom. The van der Waals surface area contributed by atoms with Crippen molar-refractivity contribution in [1.82, 2.24) is 10.2 Å². The zero-order valence-electron chi connectivity index (χ0n) is 11.0. The average molecular weight is 242 g/mol. The average Bonchev–Trinajstić information content (AvgIpc) is 2.51. The summed E-state index contributed by atoms with van der Waals surface area (Å²) < 4.78 is 0. The van der Waals surface area contributed by atoms with Crippen LogP contribution in [0, 0.1) is 11.8 Å². The number of rotatable bonds is 3. The van der Waals surface area contributed by atoms with Crippen molar-refractivity contribution in [3.63, 3.8) is 0 Å². The molecule has 0 amide bonds. The smallest absolute Gasteiger partial charge is 0.168 e. The molecule has 94 valence electrons. The maximum Gasteiger partial charge on any atom is 0.168 e. The highest BCUT2D eigenvalue weighted by molar-refractivity contribution is 7.80. The van der Waals surface area contributed by atoms with E-state index in [9.17, 15) is 0 Å². The summed E-state index contributed by atoms with van der Waals surface area (Å²) in [7, 11) is 0. The highest BCUT2D eigenvalue weighted by Crippen LogP contribution is 2.24. The number of likely N-dealkylation sites (tertiary alicyclic amines) is 1. The van der Waals surface area contributed by atoms with Gasteiger partial charge in [-0.3, -0.25) is 0 Å². The third kappa shape index (κ3) is 4.28. The van der Waals surface area contributed by atoms with Crippen LogP contribution in [-0.4, -0.2) is 29.6 Å². The molecule has 1 rings (SSSR count). The Hall–Kier alpha value is -0.310. The van der Waals surface area contributed by atoms with Crippen LogP contribution in [0.25, 0.3) is 0 Å². The van der Waals surface area contributed by atoms with Crippen molar-refractivity contribution in [3.05, 3.63) is 0 Å². The standard InChI is InChI=1S/C13H26N2S/c1-4-8-14-13(16)15-9-5-6-12(7-10-15)11(2)3/h11-12H,4-10H2,1-3H3,(H,14,16). The molecule has 0 aromatic carbocycles. The van der Waals surface area contributed by atoms with E-state index in [1.807, 2.05) is 0 Å². The van der Waals surface area contributed by atoms with Crippen LogP contribution in [0.15, 0.2) is 0 Å². The van der Waals surface area contributed by atoms with Gasteiger partial charge in [0.25, 0.3) is 0 Å². The van der Waals surface area contributed by atoms with Gasteiger partial charge in [-0.1, -0.05) is 20.8 Å². The van der Waals surface area contributed by atoms with Gasteiger partial charge in [-0.25, -0.2) is 0 Å². The molecule has 1 atom stereocenters. The largest absolute Gasteiger partial charge is 0.363 e. The topological polar surface area (TPSA) is 15.3 Å². The van der Waals surface area contributed by atoms with Crippen LogP contribution in [0.4, 0.5) is 0 Å². The molecule has 1 fully saturated rings. The monoisotopic (exact) mass is 242 g/mol. The molecule has 0 saturated carbocycles. The van der Waals surface area contributed by atoms with Crippen molar-refractivity contribution in [2.24, 2.45) is 11.8 Å². The van der Waals surface area contributed by atoms with Crippen LogP contribution in [-0.2, 0) is 0 Å². The molecule has 1 heterocycles. The van der Waals surface area contributed by atoms with Crippen LogP contribution in [0.5, 0.6) is 0 Å². The first-order chi connectivity index (χ1) is 7.65. The highest BCUT2D eigenvalue weighted by Gasteiger charge is 2.20. The van der Waals surface area contributed by atoms with E-state index in [2.05, 4.69) is 31.0 Å². The Morgan fingerprint density at radius 3 is 2.75 bits per heavy atom. The lowest BCUT2D eigenvalue weighted by Gasteiger charge is -2.24. The quantitative estimate of drug-likeness (QED) is 0.766. The van der Waals surface area contributed by atoms with Gasteiger partial charge in [-0.2, -0.15) is 0 Å². The molecule has 0 aromatic rings. The molecule has 2 nitrogen and oxygen atoms in total. The normalized spacial score (nSPS) is 22.0. The fraction of sp³-hybridized carbons (Fsp3) is 0.923. The van der Waals surface area contributed by atoms with Gasteiger partial charge in [0.2, 0.25) is 0 Å². The summed E-state index contributed by atoms with van der Waals surface area (Å²) in [5, 5.41) is 4.30. The number of hydrogen-bond acceptors (Lipinski definition) is 1. The number of hydrogen-bond donors (Lipinski definition) is 1. The molecule has 0 bridgehead atoms. The molecule has 16 heavy (non-hydrogen) atoms. The Kier molecular flexibility index (Phi) is 6.10. The van der Waals surface area contributed by atoms with Crippen LogP contribution in [0.3, 0.4) is 0 Å². The van der Waals surface area contributed by atoms with Gasteiger partial charge < -0.3 is 10.2 Å². The molecular weight excluding hydrogens is 216 g/mol. The first kappa shape index (κ1) is 13.8. The second kappa shape index (κ2) is 7.10. The maximum atomic E-state index is 5.42. The third-order valence-corrected chi connectivity index (χ3v) is 3.93. The summed E-state index contributed by atoms with van der Waals surface area (Å²) in [5.41, 5.74) is 0. The third-order valence-electron chi connectivity index (χ3n) is 3.53. The second-order valence-corrected chi connectivity index (χ2v) is 5.54. The minimum atomic E-state index is 0.817. The summed E-state index contributed by atoms with van der Waals surface area (Å²) in [4.78, 5) is 2.35. The fourth-order valence-corrected chi connectivity index (χ4v) is 2.62. The molecule has 0 radical (unpaired) electrons. The van der Waals surface area contributed by atoms with E-state index in [0.717, 1.165) is 43.0 Å². The minimum Gasteiger partial charge on any atom is -0.363 e. The van der Waals surface area contributed by atoms with Gasteiger partial charge in [0.05, 0.1) is 0 Å². The number of thiocarbonyl (C=S) groups is 1. The molecule has 0 spiro atoms. The summed E-state index contributed by atoms with van der Waals surface area (Å²) in [6.07, 6.45) is 5.09. The minimum absolute atomic E-state index is 0.817. The summed E-state index contributed by atoms with van der Waals surface area (Å²) in [6, 6.07) is 0. The molecule has 3 heteroatoms. The fourth-order valence-electron chi connectivity index (χ4n) is 2.34. The van der Waals surface area contributed by atoms with E-state index >= 15 is 0 Å². The van der Waals surface area contributed by atoms with Gasteiger partial charge >= 0.3 is 0 Å². The Morgan fingerprint density at radius 2 is 2.12 bits per heavy atom. The predicted octanol–water partition coefficient (Wildman–Crippen LogP) is 3.03. The van der Waals surface area contributed by atoms with E-state index in [4.69, 9.17) is 12.2 Å². The molecule has 1 unspecified atom stereocenters. The summed E-state index contributed by atoms with van der Waals surface area (Å²) in [6.45, 7) is 10.1. The van der Waals surface area contributed by atoms with E-state index in [1.165, 1.54) is 19.3 Å². The summed E-state index contributed by atoms with van der Waals surface area (Å²) in [5.74, 6) is 1.70. The van der Waals surface area contributed by atoms with Crippen LogP contribution in [0.2, 0.25) is 0 Å². The highest BCUT2D eigenvalue weighted by atomic mass is 32.1. The molecule has 1 saturated heterocycles. The molecule has 0 aromatic heterocycles. The van der Waals surface area contributed by atoms with Gasteiger partial charge in [0.1, 0.15) is 0 Å². The number of nitrogens with zero attached hydrogens (tertiary/aromatic N) is 1. The second-order valence-electron chi connectivity index (χ2n) is 5.15. The first-order valence-electron chi connectivity index (χ1n) is 6.68. The van der Waals surface area contributed by atoms with E-state index in [0.29, 0.717) is 0 Å². The van der Waals surface area contributed by atoms with E-state index < -0.39 is 0 Å². The zero-order valence-corrected chi connectivity index (χ0v) is 11.8. The Balaban J connectivity index is 2.37. The van der Waals surface area contributed by atoms with Crippen LogP contribution >= 0.6 is 12.2 Å². The van der Waals surface area contributed by atoms with E-state index in [1.54, 1.807) is 0 Å². The van der Waals surface area contributed by atoms with Crippen LogP contribution < -0.4 is 5.32 Å². The van der Waals surface area contributed by atoms with Crippen molar-refractivity contribution in [2.45, 2.75) is 46.5 Å². The lowest BCUT2D eigenvalue weighted by Crippen LogP contribution is -2.40. The molecule has 1 N–H and O–H groups in total. The van der Waals surface area contributed by atoms with Crippen molar-refractivity contribution in [1.29, 1.82) is 0 Å². The van der Waals surface area contributed by atoms with Crippen molar-refractivity contribution in [2.75, 3.05) is 19.6 Å². The van der Waals surface area contributed by atoms with E-state index in [-0.39, 0.29) is 0 Å². The maximum absolute atomic E-state index is 5.42. The number of nitrogens with one attached hydrogen (secondary N) is 1. The molecule has 1 aliphatic rings.